The lowest BCUT2D eigenvalue weighted by molar-refractivity contribution is -0.127. The number of para-hydroxylation sites is 1. The molecule has 4 nitrogen and oxygen atoms in total. The number of ether oxygens (including phenoxy) is 1. The number of carbonyl (C=O) groups excluding carboxylic acids is 1. The van der Waals surface area contributed by atoms with Gasteiger partial charge in [-0.1, -0.05) is 18.2 Å². The van der Waals surface area contributed by atoms with Gasteiger partial charge in [0, 0.05) is 43.6 Å². The number of fused-ring (bicyclic) bond motifs is 1. The summed E-state index contributed by atoms with van der Waals surface area (Å²) in [6.07, 6.45) is 7.47. The highest BCUT2D eigenvalue weighted by molar-refractivity contribution is 5.78. The van der Waals surface area contributed by atoms with Crippen molar-refractivity contribution < 1.29 is 9.53 Å². The smallest absolute Gasteiger partial charge is 0.222 e. The Balaban J connectivity index is 1.40. The molecule has 3 aliphatic rings. The van der Waals surface area contributed by atoms with E-state index in [1.807, 2.05) is 4.90 Å². The Hall–Kier alpha value is -1.55. The average molecular weight is 328 g/mol. The Kier molecular flexibility index (Phi) is 4.25. The van der Waals surface area contributed by atoms with Crippen LogP contribution in [0.5, 0.6) is 5.75 Å². The molecular weight excluding hydrogens is 300 g/mol. The van der Waals surface area contributed by atoms with Crippen molar-refractivity contribution in [3.05, 3.63) is 29.8 Å². The fraction of sp³-hybridized carbons (Fsp3) is 0.650. The third-order valence-corrected chi connectivity index (χ3v) is 5.95. The van der Waals surface area contributed by atoms with E-state index in [2.05, 4.69) is 36.5 Å². The van der Waals surface area contributed by atoms with Crippen LogP contribution in [0.4, 0.5) is 0 Å². The summed E-state index contributed by atoms with van der Waals surface area (Å²) in [4.78, 5) is 13.8. The van der Waals surface area contributed by atoms with Crippen LogP contribution in [0.3, 0.4) is 0 Å². The lowest BCUT2D eigenvalue weighted by atomic mass is 9.73. The largest absolute Gasteiger partial charge is 0.487 e. The van der Waals surface area contributed by atoms with Crippen LogP contribution in [0.25, 0.3) is 0 Å². The van der Waals surface area contributed by atoms with Crippen LogP contribution in [0.15, 0.2) is 24.3 Å². The van der Waals surface area contributed by atoms with E-state index >= 15 is 0 Å². The number of carbonyl (C=O) groups is 1. The van der Waals surface area contributed by atoms with Crippen LogP contribution in [-0.2, 0) is 4.79 Å². The maximum atomic E-state index is 11.8. The number of benzene rings is 1. The fourth-order valence-electron chi connectivity index (χ4n) is 4.36. The molecule has 0 radical (unpaired) electrons. The molecule has 1 amide bonds. The molecule has 2 fully saturated rings. The van der Waals surface area contributed by atoms with Gasteiger partial charge in [0.25, 0.3) is 0 Å². The van der Waals surface area contributed by atoms with Gasteiger partial charge in [-0.05, 0) is 45.1 Å². The van der Waals surface area contributed by atoms with E-state index in [-0.39, 0.29) is 5.60 Å². The second-order valence-electron chi connectivity index (χ2n) is 7.77. The highest BCUT2D eigenvalue weighted by atomic mass is 16.5. The van der Waals surface area contributed by atoms with Crippen LogP contribution in [-0.4, -0.2) is 35.5 Å². The first kappa shape index (κ1) is 15.9. The Morgan fingerprint density at radius 1 is 1.33 bits per heavy atom. The van der Waals surface area contributed by atoms with Gasteiger partial charge >= 0.3 is 0 Å². The topological polar surface area (TPSA) is 41.6 Å². The summed E-state index contributed by atoms with van der Waals surface area (Å²) < 4.78 is 6.33. The van der Waals surface area contributed by atoms with Crippen molar-refractivity contribution in [1.29, 1.82) is 0 Å². The van der Waals surface area contributed by atoms with E-state index in [1.165, 1.54) is 24.8 Å². The molecule has 4 heteroatoms. The van der Waals surface area contributed by atoms with Crippen molar-refractivity contribution in [3.63, 3.8) is 0 Å². The molecule has 1 spiro atoms. The van der Waals surface area contributed by atoms with Gasteiger partial charge in [0.15, 0.2) is 0 Å². The molecule has 2 aliphatic heterocycles. The molecule has 130 valence electrons. The van der Waals surface area contributed by atoms with E-state index in [1.54, 1.807) is 0 Å². The minimum Gasteiger partial charge on any atom is -0.487 e. The third-order valence-electron chi connectivity index (χ3n) is 5.95. The SMILES string of the molecule is C[C@H](CCN1CCCC1=O)N[C@H]1CC2(CCC2)Oc2ccccc21. The van der Waals surface area contributed by atoms with Gasteiger partial charge in [-0.25, -0.2) is 0 Å². The third kappa shape index (κ3) is 3.04. The van der Waals surface area contributed by atoms with Crippen molar-refractivity contribution in [2.45, 2.75) is 69.6 Å². The fourth-order valence-corrected chi connectivity index (χ4v) is 4.36. The first-order chi connectivity index (χ1) is 11.7. The van der Waals surface area contributed by atoms with Gasteiger partial charge in [-0.2, -0.15) is 0 Å². The number of amides is 1. The molecular formula is C20H28N2O2. The van der Waals surface area contributed by atoms with Crippen molar-refractivity contribution in [3.8, 4) is 5.75 Å². The Bertz CT molecular complexity index is 611. The van der Waals surface area contributed by atoms with Crippen LogP contribution in [0.1, 0.15) is 63.5 Å². The van der Waals surface area contributed by atoms with Crippen molar-refractivity contribution >= 4 is 5.91 Å². The Labute approximate surface area is 144 Å². The summed E-state index contributed by atoms with van der Waals surface area (Å²) in [5.41, 5.74) is 1.36. The van der Waals surface area contributed by atoms with Crippen molar-refractivity contribution in [1.82, 2.24) is 10.2 Å². The second-order valence-corrected chi connectivity index (χ2v) is 7.77. The number of hydrogen-bond donors (Lipinski definition) is 1. The molecule has 0 bridgehead atoms. The molecule has 1 saturated carbocycles. The number of hydrogen-bond acceptors (Lipinski definition) is 3. The maximum absolute atomic E-state index is 11.8. The van der Waals surface area contributed by atoms with E-state index in [0.717, 1.165) is 44.5 Å². The second kappa shape index (κ2) is 6.40. The zero-order valence-corrected chi connectivity index (χ0v) is 14.6. The van der Waals surface area contributed by atoms with Gasteiger partial charge < -0.3 is 15.0 Å². The molecule has 24 heavy (non-hydrogen) atoms. The zero-order valence-electron chi connectivity index (χ0n) is 14.6. The minimum absolute atomic E-state index is 0.0661. The van der Waals surface area contributed by atoms with Gasteiger partial charge in [-0.3, -0.25) is 4.79 Å². The van der Waals surface area contributed by atoms with E-state index in [9.17, 15) is 4.79 Å². The van der Waals surface area contributed by atoms with Crippen molar-refractivity contribution in [2.75, 3.05) is 13.1 Å². The van der Waals surface area contributed by atoms with Gasteiger partial charge in [0.2, 0.25) is 5.91 Å². The highest BCUT2D eigenvalue weighted by Crippen LogP contribution is 2.48. The minimum atomic E-state index is 0.0661. The first-order valence-electron chi connectivity index (χ1n) is 9.47. The van der Waals surface area contributed by atoms with Gasteiger partial charge in [0.05, 0.1) is 0 Å². The number of likely N-dealkylation sites (tertiary alicyclic amines) is 1. The monoisotopic (exact) mass is 328 g/mol. The molecule has 1 aromatic carbocycles. The maximum Gasteiger partial charge on any atom is 0.222 e. The quantitative estimate of drug-likeness (QED) is 0.900. The molecule has 1 aromatic rings. The van der Waals surface area contributed by atoms with Crippen LogP contribution < -0.4 is 10.1 Å². The summed E-state index contributed by atoms with van der Waals surface area (Å²) in [7, 11) is 0. The van der Waals surface area contributed by atoms with Crippen LogP contribution >= 0.6 is 0 Å². The molecule has 0 unspecified atom stereocenters. The number of rotatable bonds is 5. The standard InChI is InChI=1S/C20H28N2O2/c1-15(9-13-22-12-4-8-19(22)23)21-17-14-20(10-5-11-20)24-18-7-3-2-6-16(17)18/h2-3,6-7,15,17,21H,4-5,8-14H2,1H3/t15-,17+/m1/s1. The van der Waals surface area contributed by atoms with E-state index < -0.39 is 0 Å². The van der Waals surface area contributed by atoms with Gasteiger partial charge in [0.1, 0.15) is 11.4 Å². The van der Waals surface area contributed by atoms with Crippen molar-refractivity contribution in [2.24, 2.45) is 0 Å². The highest BCUT2D eigenvalue weighted by Gasteiger charge is 2.45. The first-order valence-corrected chi connectivity index (χ1v) is 9.47. The summed E-state index contributed by atoms with van der Waals surface area (Å²) in [5.74, 6) is 1.38. The number of nitrogens with zero attached hydrogens (tertiary/aromatic N) is 1. The van der Waals surface area contributed by atoms with Crippen LogP contribution in [0.2, 0.25) is 0 Å². The molecule has 2 heterocycles. The average Bonchev–Trinajstić information content (AvgIpc) is 2.96. The summed E-state index contributed by atoms with van der Waals surface area (Å²) >= 11 is 0. The molecule has 1 N–H and O–H groups in total. The number of nitrogens with one attached hydrogen (secondary N) is 1. The summed E-state index contributed by atoms with van der Waals surface area (Å²) in [6, 6.07) is 9.22. The Morgan fingerprint density at radius 2 is 2.17 bits per heavy atom. The molecule has 2 atom stereocenters. The zero-order chi connectivity index (χ0) is 16.6. The van der Waals surface area contributed by atoms with Crippen LogP contribution in [0, 0.1) is 0 Å². The Morgan fingerprint density at radius 3 is 2.88 bits per heavy atom. The lowest BCUT2D eigenvalue weighted by Gasteiger charge is -2.48. The predicted molar refractivity (Wildman–Crippen MR) is 94.0 cm³/mol. The van der Waals surface area contributed by atoms with E-state index in [0.29, 0.717) is 18.0 Å². The summed E-state index contributed by atoms with van der Waals surface area (Å²) in [6.45, 7) is 4.06. The van der Waals surface area contributed by atoms with E-state index in [4.69, 9.17) is 4.74 Å². The molecule has 1 saturated heterocycles. The predicted octanol–water partition coefficient (Wildman–Crippen LogP) is 3.42. The normalized spacial score (nSPS) is 26.0. The molecule has 1 aliphatic carbocycles. The molecule has 0 aromatic heterocycles. The summed E-state index contributed by atoms with van der Waals surface area (Å²) in [5, 5.41) is 3.82. The van der Waals surface area contributed by atoms with Gasteiger partial charge in [-0.15, -0.1) is 0 Å². The molecule has 4 rings (SSSR count). The lowest BCUT2D eigenvalue weighted by Crippen LogP contribution is -2.50.